The summed E-state index contributed by atoms with van der Waals surface area (Å²) < 4.78 is 34.1. The molecular weight excluding hydrogens is 834 g/mol. The lowest BCUT2D eigenvalue weighted by Gasteiger charge is -2.28. The van der Waals surface area contributed by atoms with E-state index in [1.54, 1.807) is 0 Å². The van der Waals surface area contributed by atoms with Gasteiger partial charge in [-0.1, -0.05) is 264 Å². The number of hydrogen-bond donors (Lipinski definition) is 0. The maximum Gasteiger partial charge on any atom is 0.306 e. The van der Waals surface area contributed by atoms with Gasteiger partial charge in [-0.05, 0) is 12.8 Å². The number of unbranched alkanes of at least 4 members (excludes halogenated alkanes) is 39. The summed E-state index contributed by atoms with van der Waals surface area (Å²) in [5.74, 6) is -0.810. The maximum absolute atomic E-state index is 12.8. The maximum atomic E-state index is 12.8. The molecule has 388 valence electrons. The molecule has 0 heterocycles. The fourth-order valence-electron chi connectivity index (χ4n) is 8.48. The van der Waals surface area contributed by atoms with Crippen LogP contribution in [-0.2, 0) is 32.7 Å². The molecule has 0 aromatic carbocycles. The number of nitrogens with zero attached hydrogens (tertiary/aromatic N) is 1. The first-order chi connectivity index (χ1) is 31.5. The van der Waals surface area contributed by atoms with Crippen molar-refractivity contribution in [1.29, 1.82) is 0 Å². The lowest BCUT2D eigenvalue weighted by atomic mass is 10.0. The monoisotopic (exact) mass is 944 g/mol. The van der Waals surface area contributed by atoms with Crippen LogP contribution in [0.2, 0.25) is 0 Å². The highest BCUT2D eigenvalue weighted by Gasteiger charge is 2.22. The highest BCUT2D eigenvalue weighted by Crippen LogP contribution is 2.38. The van der Waals surface area contributed by atoms with E-state index in [0.29, 0.717) is 17.4 Å². The summed E-state index contributed by atoms with van der Waals surface area (Å²) in [7, 11) is 1.19. The number of esters is 2. The summed E-state index contributed by atoms with van der Waals surface area (Å²) >= 11 is 0. The van der Waals surface area contributed by atoms with Crippen molar-refractivity contribution in [2.24, 2.45) is 0 Å². The van der Waals surface area contributed by atoms with Crippen LogP contribution in [0.3, 0.4) is 0 Å². The molecule has 0 spiro atoms. The number of rotatable bonds is 53. The van der Waals surface area contributed by atoms with Gasteiger partial charge in [0, 0.05) is 12.8 Å². The molecular formula is C55H110NO8P. The van der Waals surface area contributed by atoms with E-state index in [9.17, 15) is 19.0 Å². The first-order valence-corrected chi connectivity index (χ1v) is 29.7. The quantitative estimate of drug-likeness (QED) is 0.0257. The molecule has 65 heavy (non-hydrogen) atoms. The van der Waals surface area contributed by atoms with Gasteiger partial charge in [-0.3, -0.25) is 14.2 Å². The molecule has 2 atom stereocenters. The molecule has 1 unspecified atom stereocenters. The number of likely N-dealkylation sites (N-methyl/N-ethyl adjacent to an activating group) is 1. The van der Waals surface area contributed by atoms with Crippen molar-refractivity contribution in [3.05, 3.63) is 0 Å². The zero-order valence-corrected chi connectivity index (χ0v) is 44.9. The highest BCUT2D eigenvalue weighted by atomic mass is 31.2. The number of quaternary nitrogens is 1. The molecule has 0 aromatic rings. The number of carbonyl (C=O) groups excluding carboxylic acids is 2. The summed E-state index contributed by atoms with van der Waals surface area (Å²) in [6.07, 6.45) is 52.8. The zero-order valence-electron chi connectivity index (χ0n) is 44.0. The summed E-state index contributed by atoms with van der Waals surface area (Å²) in [4.78, 5) is 37.8. The molecule has 0 N–H and O–H groups in total. The van der Waals surface area contributed by atoms with Gasteiger partial charge in [0.25, 0.3) is 7.82 Å². The number of carbonyl (C=O) groups is 2. The number of phosphoric acid groups is 1. The van der Waals surface area contributed by atoms with Gasteiger partial charge >= 0.3 is 11.9 Å². The van der Waals surface area contributed by atoms with E-state index in [1.165, 1.54) is 225 Å². The second-order valence-electron chi connectivity index (χ2n) is 20.7. The minimum atomic E-state index is -4.63. The predicted molar refractivity (Wildman–Crippen MR) is 273 cm³/mol. The molecule has 0 amide bonds. The normalized spacial score (nSPS) is 13.3. The van der Waals surface area contributed by atoms with Crippen LogP contribution in [-0.4, -0.2) is 70.0 Å². The van der Waals surface area contributed by atoms with E-state index in [1.807, 2.05) is 21.1 Å². The highest BCUT2D eigenvalue weighted by molar-refractivity contribution is 7.45. The van der Waals surface area contributed by atoms with E-state index in [0.717, 1.165) is 32.1 Å². The average molecular weight is 944 g/mol. The van der Waals surface area contributed by atoms with E-state index in [-0.39, 0.29) is 32.0 Å². The van der Waals surface area contributed by atoms with E-state index in [4.69, 9.17) is 18.5 Å². The third-order valence-electron chi connectivity index (χ3n) is 12.9. The lowest BCUT2D eigenvalue weighted by Crippen LogP contribution is -2.37. The van der Waals surface area contributed by atoms with Gasteiger partial charge < -0.3 is 27.9 Å². The molecule has 0 aromatic heterocycles. The smallest absolute Gasteiger partial charge is 0.306 e. The summed E-state index contributed by atoms with van der Waals surface area (Å²) in [5.41, 5.74) is 0. The van der Waals surface area contributed by atoms with Crippen LogP contribution in [0.4, 0.5) is 0 Å². The van der Waals surface area contributed by atoms with E-state index < -0.39 is 26.5 Å². The molecule has 0 rings (SSSR count). The Hall–Kier alpha value is -0.990. The molecule has 0 aliphatic heterocycles. The molecule has 0 saturated carbocycles. The third-order valence-corrected chi connectivity index (χ3v) is 13.8. The Morgan fingerprint density at radius 2 is 0.692 bits per heavy atom. The molecule has 10 heteroatoms. The lowest BCUT2D eigenvalue weighted by molar-refractivity contribution is -0.870. The van der Waals surface area contributed by atoms with Crippen molar-refractivity contribution in [3.8, 4) is 0 Å². The van der Waals surface area contributed by atoms with Gasteiger partial charge in [0.1, 0.15) is 19.8 Å². The Morgan fingerprint density at radius 1 is 0.415 bits per heavy atom. The summed E-state index contributed by atoms with van der Waals surface area (Å²) in [6, 6.07) is 0. The zero-order chi connectivity index (χ0) is 47.8. The second-order valence-corrected chi connectivity index (χ2v) is 22.1. The van der Waals surface area contributed by atoms with Crippen LogP contribution in [0.25, 0.3) is 0 Å². The van der Waals surface area contributed by atoms with Gasteiger partial charge in [-0.25, -0.2) is 0 Å². The van der Waals surface area contributed by atoms with Crippen LogP contribution in [0.1, 0.15) is 290 Å². The molecule has 0 aliphatic rings. The Labute approximate surface area is 404 Å². The van der Waals surface area contributed by atoms with Crippen LogP contribution in [0, 0.1) is 0 Å². The Bertz CT molecular complexity index is 1070. The minimum Gasteiger partial charge on any atom is -0.756 e. The Kier molecular flexibility index (Phi) is 47.3. The SMILES string of the molecule is CCCCCCCCCCCCCCCCCCCCCCCCCC(=O)O[C@H](COC(=O)CCCCCCCCCCCCCCCCCCCC)COP(=O)([O-])OCC[N+](C)(C)C. The van der Waals surface area contributed by atoms with Crippen LogP contribution >= 0.6 is 7.82 Å². The van der Waals surface area contributed by atoms with Crippen LogP contribution < -0.4 is 4.89 Å². The van der Waals surface area contributed by atoms with Crippen LogP contribution in [0.15, 0.2) is 0 Å². The van der Waals surface area contributed by atoms with E-state index in [2.05, 4.69) is 13.8 Å². The first-order valence-electron chi connectivity index (χ1n) is 28.2. The molecule has 0 saturated heterocycles. The average Bonchev–Trinajstić information content (AvgIpc) is 3.26. The molecule has 0 radical (unpaired) electrons. The fraction of sp³-hybridized carbons (Fsp3) is 0.964. The Balaban J connectivity index is 4.12. The van der Waals surface area contributed by atoms with E-state index >= 15 is 0 Å². The number of hydrogen-bond acceptors (Lipinski definition) is 8. The second kappa shape index (κ2) is 48.1. The van der Waals surface area contributed by atoms with Gasteiger partial charge in [-0.2, -0.15) is 0 Å². The molecule has 0 aliphatic carbocycles. The predicted octanol–water partition coefficient (Wildman–Crippen LogP) is 16.5. The number of ether oxygens (including phenoxy) is 2. The van der Waals surface area contributed by atoms with Crippen molar-refractivity contribution in [2.75, 3.05) is 47.5 Å². The van der Waals surface area contributed by atoms with Gasteiger partial charge in [0.2, 0.25) is 0 Å². The van der Waals surface area contributed by atoms with Gasteiger partial charge in [0.05, 0.1) is 27.7 Å². The Morgan fingerprint density at radius 3 is 0.985 bits per heavy atom. The van der Waals surface area contributed by atoms with Crippen molar-refractivity contribution >= 4 is 19.8 Å². The standard InChI is InChI=1S/C55H110NO8P/c1-6-8-10-12-14-16-18-20-22-24-26-27-28-29-30-32-34-36-38-40-42-44-46-48-55(58)64-53(52-63-65(59,60)62-50-49-56(3,4)5)51-61-54(57)47-45-43-41-39-37-35-33-31-25-23-21-19-17-15-13-11-9-7-2/h53H,6-52H2,1-5H3/t53-/m1/s1. The number of phosphoric ester groups is 1. The summed E-state index contributed by atoms with van der Waals surface area (Å²) in [6.45, 7) is 4.31. The van der Waals surface area contributed by atoms with Crippen molar-refractivity contribution in [3.63, 3.8) is 0 Å². The molecule has 0 fully saturated rings. The van der Waals surface area contributed by atoms with Gasteiger partial charge in [-0.15, -0.1) is 0 Å². The minimum absolute atomic E-state index is 0.0251. The topological polar surface area (TPSA) is 111 Å². The molecule has 0 bridgehead atoms. The largest absolute Gasteiger partial charge is 0.756 e. The summed E-state index contributed by atoms with van der Waals surface area (Å²) in [5, 5.41) is 0. The van der Waals surface area contributed by atoms with Gasteiger partial charge in [0.15, 0.2) is 6.10 Å². The molecule has 9 nitrogen and oxygen atoms in total. The van der Waals surface area contributed by atoms with Crippen molar-refractivity contribution < 1.29 is 42.1 Å². The third kappa shape index (κ3) is 52.2. The first kappa shape index (κ1) is 64.0. The van der Waals surface area contributed by atoms with Crippen molar-refractivity contribution in [1.82, 2.24) is 0 Å². The fourth-order valence-corrected chi connectivity index (χ4v) is 9.21. The van der Waals surface area contributed by atoms with Crippen molar-refractivity contribution in [2.45, 2.75) is 296 Å². The van der Waals surface area contributed by atoms with Crippen LogP contribution in [0.5, 0.6) is 0 Å².